The molecule has 1 atom stereocenters. The van der Waals surface area contributed by atoms with Gasteiger partial charge in [0.15, 0.2) is 0 Å². The van der Waals surface area contributed by atoms with Crippen LogP contribution in [0.5, 0.6) is 0 Å². The van der Waals surface area contributed by atoms with E-state index in [1.165, 1.54) is 11.3 Å². The van der Waals surface area contributed by atoms with Crippen LogP contribution in [0.4, 0.5) is 0 Å². The van der Waals surface area contributed by atoms with Gasteiger partial charge in [0.25, 0.3) is 5.91 Å². The molecule has 0 N–H and O–H groups in total. The molecule has 0 aromatic carbocycles. The van der Waals surface area contributed by atoms with Gasteiger partial charge in [-0.1, -0.05) is 6.07 Å². The molecular formula is C13H19NO2S. The monoisotopic (exact) mass is 253 g/mol. The van der Waals surface area contributed by atoms with Gasteiger partial charge in [-0.3, -0.25) is 4.79 Å². The summed E-state index contributed by atoms with van der Waals surface area (Å²) in [5.41, 5.74) is -0.118. The molecule has 94 valence electrons. The Bertz CT molecular complexity index is 386. The molecule has 3 nitrogen and oxygen atoms in total. The molecule has 1 aliphatic heterocycles. The van der Waals surface area contributed by atoms with Crippen LogP contribution in [0.1, 0.15) is 36.4 Å². The second-order valence-corrected chi connectivity index (χ2v) is 6.10. The minimum absolute atomic E-state index is 0.118. The van der Waals surface area contributed by atoms with Crippen molar-refractivity contribution in [2.24, 2.45) is 0 Å². The molecule has 0 radical (unpaired) electrons. The highest BCUT2D eigenvalue weighted by atomic mass is 32.1. The molecule has 1 fully saturated rings. The van der Waals surface area contributed by atoms with Gasteiger partial charge < -0.3 is 9.64 Å². The average Bonchev–Trinajstić information content (AvgIpc) is 2.79. The first kappa shape index (κ1) is 12.6. The maximum Gasteiger partial charge on any atom is 0.263 e. The average molecular weight is 253 g/mol. The number of ether oxygens (including phenoxy) is 1. The summed E-state index contributed by atoms with van der Waals surface area (Å²) < 4.78 is 5.68. The second-order valence-electron chi connectivity index (χ2n) is 5.15. The predicted molar refractivity (Wildman–Crippen MR) is 69.5 cm³/mol. The topological polar surface area (TPSA) is 29.5 Å². The van der Waals surface area contributed by atoms with Crippen LogP contribution in [0, 0.1) is 0 Å². The molecule has 1 aromatic rings. The Labute approximate surface area is 106 Å². The van der Waals surface area contributed by atoms with E-state index in [-0.39, 0.29) is 17.6 Å². The lowest BCUT2D eigenvalue weighted by molar-refractivity contribution is -0.0755. The molecule has 17 heavy (non-hydrogen) atoms. The van der Waals surface area contributed by atoms with Crippen LogP contribution < -0.4 is 0 Å². The lowest BCUT2D eigenvalue weighted by Gasteiger charge is -2.39. The largest absolute Gasteiger partial charge is 0.375 e. The van der Waals surface area contributed by atoms with E-state index in [1.54, 1.807) is 0 Å². The van der Waals surface area contributed by atoms with E-state index in [4.69, 9.17) is 4.74 Å². The zero-order valence-electron chi connectivity index (χ0n) is 10.6. The summed E-state index contributed by atoms with van der Waals surface area (Å²) in [4.78, 5) is 14.9. The molecule has 0 saturated carbocycles. The van der Waals surface area contributed by atoms with Crippen LogP contribution in [0.15, 0.2) is 17.5 Å². The fraction of sp³-hybridized carbons (Fsp3) is 0.615. The SMILES string of the molecule is CN(C(=O)c1cccs1)C1CCOC(C)(C)C1. The minimum Gasteiger partial charge on any atom is -0.375 e. The molecule has 1 saturated heterocycles. The summed E-state index contributed by atoms with van der Waals surface area (Å²) in [6.45, 7) is 4.91. The number of carbonyl (C=O) groups excluding carboxylic acids is 1. The first-order chi connectivity index (χ1) is 7.99. The fourth-order valence-electron chi connectivity index (χ4n) is 2.27. The third-order valence-electron chi connectivity index (χ3n) is 3.27. The van der Waals surface area contributed by atoms with E-state index in [9.17, 15) is 4.79 Å². The van der Waals surface area contributed by atoms with Gasteiger partial charge in [-0.05, 0) is 38.1 Å². The van der Waals surface area contributed by atoms with Crippen molar-refractivity contribution in [3.05, 3.63) is 22.4 Å². The van der Waals surface area contributed by atoms with Crippen LogP contribution in [0.3, 0.4) is 0 Å². The van der Waals surface area contributed by atoms with E-state index in [0.717, 1.165) is 24.3 Å². The van der Waals surface area contributed by atoms with Crippen molar-refractivity contribution in [2.45, 2.75) is 38.3 Å². The molecule has 1 aliphatic rings. The van der Waals surface area contributed by atoms with Gasteiger partial charge >= 0.3 is 0 Å². The Morgan fingerprint density at radius 2 is 2.35 bits per heavy atom. The maximum absolute atomic E-state index is 12.2. The van der Waals surface area contributed by atoms with E-state index >= 15 is 0 Å². The summed E-state index contributed by atoms with van der Waals surface area (Å²) in [6, 6.07) is 4.08. The van der Waals surface area contributed by atoms with Crippen LogP contribution in [-0.4, -0.2) is 36.1 Å². The van der Waals surface area contributed by atoms with Crippen LogP contribution in [0.2, 0.25) is 0 Å². The highest BCUT2D eigenvalue weighted by molar-refractivity contribution is 7.12. The Balaban J connectivity index is 2.05. The highest BCUT2D eigenvalue weighted by Crippen LogP contribution is 2.27. The molecule has 2 heterocycles. The highest BCUT2D eigenvalue weighted by Gasteiger charge is 2.33. The van der Waals surface area contributed by atoms with Gasteiger partial charge in [0, 0.05) is 19.7 Å². The predicted octanol–water partition coefficient (Wildman–Crippen LogP) is 2.78. The third-order valence-corrected chi connectivity index (χ3v) is 4.13. The Kier molecular flexibility index (Phi) is 3.54. The maximum atomic E-state index is 12.2. The number of amides is 1. The van der Waals surface area contributed by atoms with Crippen molar-refractivity contribution in [2.75, 3.05) is 13.7 Å². The van der Waals surface area contributed by atoms with Crippen molar-refractivity contribution in [3.63, 3.8) is 0 Å². The van der Waals surface area contributed by atoms with Crippen LogP contribution >= 0.6 is 11.3 Å². The van der Waals surface area contributed by atoms with Gasteiger partial charge in [-0.15, -0.1) is 11.3 Å². The third kappa shape index (κ3) is 2.87. The van der Waals surface area contributed by atoms with Gasteiger partial charge in [0.1, 0.15) is 0 Å². The second kappa shape index (κ2) is 4.78. The number of hydrogen-bond donors (Lipinski definition) is 0. The van der Waals surface area contributed by atoms with Gasteiger partial charge in [-0.2, -0.15) is 0 Å². The normalized spacial score (nSPS) is 23.4. The van der Waals surface area contributed by atoms with Crippen LogP contribution in [-0.2, 0) is 4.74 Å². The summed E-state index contributed by atoms with van der Waals surface area (Å²) in [7, 11) is 1.90. The Morgan fingerprint density at radius 3 is 2.94 bits per heavy atom. The molecule has 1 unspecified atom stereocenters. The molecule has 0 aliphatic carbocycles. The fourth-order valence-corrected chi connectivity index (χ4v) is 2.98. The molecule has 0 bridgehead atoms. The standard InChI is InChI=1S/C13H19NO2S/c1-13(2)9-10(6-7-16-13)14(3)12(15)11-5-4-8-17-11/h4-5,8,10H,6-7,9H2,1-3H3. The molecule has 1 aromatic heterocycles. The molecule has 2 rings (SSSR count). The number of thiophene rings is 1. The van der Waals surface area contributed by atoms with Crippen molar-refractivity contribution in [1.82, 2.24) is 4.90 Å². The zero-order chi connectivity index (χ0) is 12.5. The summed E-state index contributed by atoms with van der Waals surface area (Å²) in [6.07, 6.45) is 1.83. The van der Waals surface area contributed by atoms with Gasteiger partial charge in [-0.25, -0.2) is 0 Å². The van der Waals surface area contributed by atoms with E-state index in [2.05, 4.69) is 13.8 Å². The smallest absolute Gasteiger partial charge is 0.263 e. The number of hydrogen-bond acceptors (Lipinski definition) is 3. The quantitative estimate of drug-likeness (QED) is 0.811. The lowest BCUT2D eigenvalue weighted by atomic mass is 9.93. The van der Waals surface area contributed by atoms with Gasteiger partial charge in [0.2, 0.25) is 0 Å². The van der Waals surface area contributed by atoms with E-state index < -0.39 is 0 Å². The summed E-state index contributed by atoms with van der Waals surface area (Å²) in [5, 5.41) is 1.94. The van der Waals surface area contributed by atoms with Gasteiger partial charge in [0.05, 0.1) is 10.5 Å². The minimum atomic E-state index is -0.118. The molecular weight excluding hydrogens is 234 g/mol. The zero-order valence-corrected chi connectivity index (χ0v) is 11.4. The van der Waals surface area contributed by atoms with Crippen molar-refractivity contribution >= 4 is 17.2 Å². The molecule has 1 amide bonds. The number of carbonyl (C=O) groups is 1. The van der Waals surface area contributed by atoms with E-state index in [0.29, 0.717) is 0 Å². The van der Waals surface area contributed by atoms with E-state index in [1.807, 2.05) is 29.5 Å². The molecule has 4 heteroatoms. The lowest BCUT2D eigenvalue weighted by Crippen LogP contribution is -2.46. The number of nitrogens with zero attached hydrogens (tertiary/aromatic N) is 1. The first-order valence-corrected chi connectivity index (χ1v) is 6.82. The summed E-state index contributed by atoms with van der Waals surface area (Å²) in [5.74, 6) is 0.128. The van der Waals surface area contributed by atoms with Crippen molar-refractivity contribution < 1.29 is 9.53 Å². The van der Waals surface area contributed by atoms with Crippen molar-refractivity contribution in [3.8, 4) is 0 Å². The Hall–Kier alpha value is -0.870. The molecule has 0 spiro atoms. The Morgan fingerprint density at radius 1 is 1.59 bits per heavy atom. The number of rotatable bonds is 2. The summed E-state index contributed by atoms with van der Waals surface area (Å²) >= 11 is 1.50. The van der Waals surface area contributed by atoms with Crippen molar-refractivity contribution in [1.29, 1.82) is 0 Å². The first-order valence-electron chi connectivity index (χ1n) is 5.94. The van der Waals surface area contributed by atoms with Crippen LogP contribution in [0.25, 0.3) is 0 Å².